The molecule has 2 aromatic carbocycles. The first-order chi connectivity index (χ1) is 20.6. The van der Waals surface area contributed by atoms with Gasteiger partial charge >= 0.3 is 0 Å². The largest absolute Gasteiger partial charge is 0.324 e. The fraction of sp³-hybridized carbons (Fsp3) is 0.375. The number of pyridine rings is 1. The van der Waals surface area contributed by atoms with Crippen LogP contribution in [-0.2, 0) is 16.1 Å². The SMILES string of the molecule is C=S(=O)(c1ccc(-c2cc3cnc(Nc4ccc(C5CN(C)CCS5)cc4)nc3n(CCN(C)C)c2=O)c(F)c1)C1CC1. The number of fused-ring (bicyclic) bond motifs is 1. The Morgan fingerprint density at radius 2 is 1.91 bits per heavy atom. The van der Waals surface area contributed by atoms with Crippen LogP contribution in [0.25, 0.3) is 22.2 Å². The topological polar surface area (TPSA) is 83.4 Å². The first-order valence-corrected chi connectivity index (χ1v) is 17.3. The Balaban J connectivity index is 1.33. The number of rotatable bonds is 9. The van der Waals surface area contributed by atoms with Crippen LogP contribution in [0.2, 0.25) is 0 Å². The van der Waals surface area contributed by atoms with Gasteiger partial charge in [0.15, 0.2) is 0 Å². The van der Waals surface area contributed by atoms with Crippen LogP contribution in [0.15, 0.2) is 64.4 Å². The summed E-state index contributed by atoms with van der Waals surface area (Å²) >= 11 is 1.98. The Bertz CT molecular complexity index is 1820. The quantitative estimate of drug-likeness (QED) is 0.266. The molecule has 2 fully saturated rings. The van der Waals surface area contributed by atoms with Crippen molar-refractivity contribution < 1.29 is 8.60 Å². The molecular weight excluding hydrogens is 584 g/mol. The maximum atomic E-state index is 15.5. The molecule has 43 heavy (non-hydrogen) atoms. The van der Waals surface area contributed by atoms with E-state index in [1.807, 2.05) is 42.9 Å². The van der Waals surface area contributed by atoms with Gasteiger partial charge < -0.3 is 15.1 Å². The second-order valence-corrected chi connectivity index (χ2v) is 15.6. The van der Waals surface area contributed by atoms with Crippen LogP contribution in [0.1, 0.15) is 23.7 Å². The van der Waals surface area contributed by atoms with Gasteiger partial charge in [-0.2, -0.15) is 16.7 Å². The van der Waals surface area contributed by atoms with E-state index < -0.39 is 15.3 Å². The minimum absolute atomic E-state index is 0.00233. The lowest BCUT2D eigenvalue weighted by Crippen LogP contribution is -2.30. The molecule has 3 heterocycles. The number of benzene rings is 2. The predicted molar refractivity (Wildman–Crippen MR) is 177 cm³/mol. The summed E-state index contributed by atoms with van der Waals surface area (Å²) in [4.78, 5) is 27.8. The first kappa shape index (κ1) is 29.8. The molecule has 1 aliphatic heterocycles. The van der Waals surface area contributed by atoms with Crippen LogP contribution in [-0.4, -0.2) is 86.2 Å². The van der Waals surface area contributed by atoms with E-state index in [0.29, 0.717) is 40.2 Å². The van der Waals surface area contributed by atoms with E-state index in [4.69, 9.17) is 4.98 Å². The Kier molecular flexibility index (Phi) is 8.34. The number of hydrogen-bond acceptors (Lipinski definition) is 8. The lowest BCUT2D eigenvalue weighted by atomic mass is 10.1. The zero-order valence-corrected chi connectivity index (χ0v) is 26.4. The zero-order chi connectivity index (χ0) is 30.3. The third-order valence-corrected chi connectivity index (χ3v) is 11.9. The van der Waals surface area contributed by atoms with Gasteiger partial charge in [0.05, 0.1) is 5.56 Å². The molecule has 0 radical (unpaired) electrons. The Hall–Kier alpha value is -3.25. The van der Waals surface area contributed by atoms with E-state index >= 15 is 4.39 Å². The average Bonchev–Trinajstić information content (AvgIpc) is 3.84. The number of nitrogens with one attached hydrogen (secondary N) is 1. The fourth-order valence-electron chi connectivity index (χ4n) is 5.38. The van der Waals surface area contributed by atoms with Crippen molar-refractivity contribution >= 4 is 49.8 Å². The molecule has 1 aliphatic carbocycles. The molecule has 1 saturated carbocycles. The second-order valence-electron chi connectivity index (χ2n) is 11.7. The molecule has 0 spiro atoms. The molecular formula is C32H37FN6O2S2. The van der Waals surface area contributed by atoms with E-state index in [0.717, 1.165) is 37.4 Å². The number of hydrogen-bond donors (Lipinski definition) is 1. The molecule has 2 aliphatic rings. The number of thioether (sulfide) groups is 1. The van der Waals surface area contributed by atoms with Crippen molar-refractivity contribution in [2.45, 2.75) is 34.8 Å². The molecule has 0 amide bonds. The zero-order valence-electron chi connectivity index (χ0n) is 24.8. The average molecular weight is 621 g/mol. The van der Waals surface area contributed by atoms with Gasteiger partial charge in [-0.25, -0.2) is 9.37 Å². The molecule has 4 aromatic rings. The van der Waals surface area contributed by atoms with Crippen molar-refractivity contribution in [1.82, 2.24) is 24.3 Å². The lowest BCUT2D eigenvalue weighted by Gasteiger charge is -2.29. The van der Waals surface area contributed by atoms with Crippen molar-refractivity contribution in [2.24, 2.45) is 0 Å². The van der Waals surface area contributed by atoms with Crippen LogP contribution >= 0.6 is 11.8 Å². The molecule has 8 nitrogen and oxygen atoms in total. The van der Waals surface area contributed by atoms with Crippen LogP contribution in [0, 0.1) is 5.82 Å². The Morgan fingerprint density at radius 3 is 2.58 bits per heavy atom. The van der Waals surface area contributed by atoms with E-state index in [1.54, 1.807) is 29.0 Å². The van der Waals surface area contributed by atoms with E-state index in [-0.39, 0.29) is 21.9 Å². The minimum atomic E-state index is -2.56. The summed E-state index contributed by atoms with van der Waals surface area (Å²) in [6.45, 7) is 3.10. The molecule has 11 heteroatoms. The summed E-state index contributed by atoms with van der Waals surface area (Å²) < 4.78 is 30.2. The molecule has 226 valence electrons. The van der Waals surface area contributed by atoms with Crippen molar-refractivity contribution in [3.8, 4) is 11.1 Å². The number of nitrogens with zero attached hydrogens (tertiary/aromatic N) is 5. The third-order valence-electron chi connectivity index (χ3n) is 8.10. The summed E-state index contributed by atoms with van der Waals surface area (Å²) in [5, 5.41) is 4.35. The van der Waals surface area contributed by atoms with Crippen LogP contribution < -0.4 is 10.9 Å². The van der Waals surface area contributed by atoms with Gasteiger partial charge in [0.25, 0.3) is 5.56 Å². The molecule has 2 atom stereocenters. The Morgan fingerprint density at radius 1 is 1.14 bits per heavy atom. The van der Waals surface area contributed by atoms with Crippen molar-refractivity contribution in [3.05, 3.63) is 76.5 Å². The molecule has 1 N–H and O–H groups in total. The number of anilines is 2. The molecule has 2 aromatic heterocycles. The molecule has 1 saturated heterocycles. The monoisotopic (exact) mass is 620 g/mol. The van der Waals surface area contributed by atoms with Gasteiger partial charge in [0.2, 0.25) is 5.95 Å². The van der Waals surface area contributed by atoms with Crippen LogP contribution in [0.3, 0.4) is 0 Å². The van der Waals surface area contributed by atoms with Gasteiger partial charge in [0, 0.05) is 70.2 Å². The summed E-state index contributed by atoms with van der Waals surface area (Å²) in [5.74, 6) is 4.80. The third kappa shape index (κ3) is 6.35. The van der Waals surface area contributed by atoms with Crippen molar-refractivity contribution in [1.29, 1.82) is 0 Å². The summed E-state index contributed by atoms with van der Waals surface area (Å²) in [6, 6.07) is 14.4. The maximum Gasteiger partial charge on any atom is 0.260 e. The normalized spacial score (nSPS) is 19.0. The highest BCUT2D eigenvalue weighted by Crippen LogP contribution is 2.36. The molecule has 2 unspecified atom stereocenters. The summed E-state index contributed by atoms with van der Waals surface area (Å²) in [5.41, 5.74) is 2.64. The van der Waals surface area contributed by atoms with Crippen molar-refractivity contribution in [3.63, 3.8) is 0 Å². The van der Waals surface area contributed by atoms with E-state index in [9.17, 15) is 9.00 Å². The molecule has 0 bridgehead atoms. The first-order valence-electron chi connectivity index (χ1n) is 14.5. The number of halogens is 1. The number of likely N-dealkylation sites (N-methyl/N-ethyl adjacent to an activating group) is 2. The molecule has 6 rings (SSSR count). The highest BCUT2D eigenvalue weighted by Gasteiger charge is 2.32. The van der Waals surface area contributed by atoms with Gasteiger partial charge in [-0.15, -0.1) is 0 Å². The smallest absolute Gasteiger partial charge is 0.260 e. The highest BCUT2D eigenvalue weighted by atomic mass is 32.2. The standard InChI is InChI=1S/C32H37FN6O2S2/c1-37(2)13-14-39-30-22(17-27(31(39)40)26-12-11-25(18-28(26)33)43(4,41)24-9-10-24)19-34-32(36-30)35-23-7-5-21(6-8-23)29-20-38(3)15-16-42-29/h5-8,11-12,17-19,24,29H,4,9-10,13-16,20H2,1-3H3,(H,34,35,36). The number of aromatic nitrogens is 3. The van der Waals surface area contributed by atoms with Crippen LogP contribution in [0.4, 0.5) is 16.0 Å². The van der Waals surface area contributed by atoms with E-state index in [1.165, 1.54) is 11.6 Å². The predicted octanol–water partition coefficient (Wildman–Crippen LogP) is 4.86. The minimum Gasteiger partial charge on any atom is -0.324 e. The summed E-state index contributed by atoms with van der Waals surface area (Å²) in [7, 11) is 3.46. The lowest BCUT2D eigenvalue weighted by molar-refractivity contribution is 0.347. The van der Waals surface area contributed by atoms with Crippen LogP contribution in [0.5, 0.6) is 0 Å². The maximum absolute atomic E-state index is 15.5. The fourth-order valence-corrected chi connectivity index (χ4v) is 8.67. The van der Waals surface area contributed by atoms with Gasteiger partial charge in [-0.1, -0.05) is 18.2 Å². The Labute approximate surface area is 256 Å². The van der Waals surface area contributed by atoms with Gasteiger partial charge in [0.1, 0.15) is 11.5 Å². The highest BCUT2D eigenvalue weighted by molar-refractivity contribution is 8.01. The second kappa shape index (κ2) is 12.0. The summed E-state index contributed by atoms with van der Waals surface area (Å²) in [6.07, 6.45) is 3.34. The van der Waals surface area contributed by atoms with Gasteiger partial charge in [-0.05, 0) is 85.3 Å². The van der Waals surface area contributed by atoms with Gasteiger partial charge in [-0.3, -0.25) is 13.6 Å². The van der Waals surface area contributed by atoms with Crippen molar-refractivity contribution in [2.75, 3.05) is 51.8 Å². The van der Waals surface area contributed by atoms with E-state index in [2.05, 4.69) is 40.3 Å².